The van der Waals surface area contributed by atoms with Crippen LogP contribution in [0.2, 0.25) is 0 Å². The van der Waals surface area contributed by atoms with Crippen molar-refractivity contribution in [3.8, 4) is 5.75 Å². The maximum atomic E-state index is 13.2. The summed E-state index contributed by atoms with van der Waals surface area (Å²) in [6.45, 7) is 0. The molecule has 1 aliphatic carbocycles. The zero-order valence-electron chi connectivity index (χ0n) is 15.0. The van der Waals surface area contributed by atoms with Crippen LogP contribution in [0.1, 0.15) is 12.8 Å². The van der Waals surface area contributed by atoms with E-state index in [2.05, 4.69) is 20.6 Å². The Morgan fingerprint density at radius 1 is 1.18 bits per heavy atom. The molecule has 9 heteroatoms. The van der Waals surface area contributed by atoms with E-state index in [0.717, 1.165) is 23.7 Å². The Balaban J connectivity index is 1.71. The Morgan fingerprint density at radius 2 is 1.93 bits per heavy atom. The average Bonchev–Trinajstić information content (AvgIpc) is 3.43. The van der Waals surface area contributed by atoms with Crippen molar-refractivity contribution in [1.82, 2.24) is 19.8 Å². The molecule has 2 aromatic carbocycles. The molecule has 0 saturated heterocycles. The van der Waals surface area contributed by atoms with Crippen LogP contribution in [-0.2, 0) is 14.4 Å². The number of benzene rings is 2. The second-order valence-electron chi connectivity index (χ2n) is 6.71. The van der Waals surface area contributed by atoms with Gasteiger partial charge in [-0.1, -0.05) is 26.7 Å². The highest BCUT2D eigenvalue weighted by Gasteiger charge is 2.33. The summed E-state index contributed by atoms with van der Waals surface area (Å²) in [5, 5.41) is 12.1. The van der Waals surface area contributed by atoms with Crippen molar-refractivity contribution in [2.24, 2.45) is 0 Å². The second kappa shape index (κ2) is 6.25. The molecular weight excluding hydrogens is 378 g/mol. The molecule has 4 aromatic rings. The monoisotopic (exact) mass is 395 g/mol. The molecular formula is C19H17N5O3S. The number of hydrogen-bond acceptors (Lipinski definition) is 7. The third kappa shape index (κ3) is 2.71. The summed E-state index contributed by atoms with van der Waals surface area (Å²) in [6, 6.07) is 14.2. The van der Waals surface area contributed by atoms with Gasteiger partial charge in [-0.15, -0.1) is 0 Å². The molecule has 28 heavy (non-hydrogen) atoms. The number of hydrogen-bond donors (Lipinski definition) is 1. The summed E-state index contributed by atoms with van der Waals surface area (Å²) in [5.41, 5.74) is 0.956. The summed E-state index contributed by atoms with van der Waals surface area (Å²) in [4.78, 5) is 4.71. The van der Waals surface area contributed by atoms with Crippen LogP contribution in [0.4, 0.5) is 5.82 Å². The van der Waals surface area contributed by atoms with Crippen molar-refractivity contribution in [2.75, 3.05) is 12.4 Å². The van der Waals surface area contributed by atoms with Crippen LogP contribution in [0.25, 0.3) is 16.6 Å². The van der Waals surface area contributed by atoms with Gasteiger partial charge >= 0.3 is 5.03 Å². The van der Waals surface area contributed by atoms with E-state index in [9.17, 15) is 8.76 Å². The number of ether oxygens (including phenoxy) is 1. The third-order valence-electron chi connectivity index (χ3n) is 4.76. The van der Waals surface area contributed by atoms with Crippen molar-refractivity contribution < 1.29 is 13.5 Å². The second-order valence-corrected chi connectivity index (χ2v) is 8.57. The molecule has 8 nitrogen and oxygen atoms in total. The fraction of sp³-hybridized carbons (Fsp3) is 0.211. The van der Waals surface area contributed by atoms with Gasteiger partial charge in [-0.05, 0) is 49.2 Å². The highest BCUT2D eigenvalue weighted by atomic mass is 32.3. The van der Waals surface area contributed by atoms with Gasteiger partial charge < -0.3 is 14.6 Å². The van der Waals surface area contributed by atoms with E-state index in [1.54, 1.807) is 12.1 Å². The molecule has 0 aliphatic heterocycles. The maximum Gasteiger partial charge on any atom is 0.317 e. The van der Waals surface area contributed by atoms with Crippen LogP contribution >= 0.6 is 0 Å². The Labute approximate surface area is 161 Å². The molecule has 1 N–H and O–H groups in total. The molecule has 5 rings (SSSR count). The fourth-order valence-electron chi connectivity index (χ4n) is 3.12. The smallest absolute Gasteiger partial charge is 0.317 e. The van der Waals surface area contributed by atoms with E-state index in [1.807, 2.05) is 24.3 Å². The number of nitrogens with one attached hydrogen (secondary N) is 1. The molecule has 0 amide bonds. The zero-order chi connectivity index (χ0) is 19.3. The van der Waals surface area contributed by atoms with Gasteiger partial charge in [0.15, 0.2) is 4.90 Å². The molecule has 0 spiro atoms. The number of nitrogens with zero attached hydrogens (tertiary/aromatic N) is 4. The first-order chi connectivity index (χ1) is 13.6. The fourth-order valence-corrected chi connectivity index (χ4v) is 4.35. The normalized spacial score (nSPS) is 16.2. The van der Waals surface area contributed by atoms with Gasteiger partial charge in [0.2, 0.25) is 5.65 Å². The molecule has 0 radical (unpaired) electrons. The molecule has 142 valence electrons. The SMILES string of the molecule is COc1ccc([S+](=O)([O-])c2nnn3c2nc(NC2CC2)c2ccccc23)cc1. The molecule has 1 atom stereocenters. The lowest BCUT2D eigenvalue weighted by molar-refractivity contribution is 0.414. The highest BCUT2D eigenvalue weighted by molar-refractivity contribution is 7.97. The van der Waals surface area contributed by atoms with Crippen LogP contribution in [0.15, 0.2) is 58.5 Å². The Kier molecular flexibility index (Phi) is 3.81. The lowest BCUT2D eigenvalue weighted by Crippen LogP contribution is -2.13. The van der Waals surface area contributed by atoms with Gasteiger partial charge in [0.1, 0.15) is 21.8 Å². The van der Waals surface area contributed by atoms with Crippen LogP contribution in [0.3, 0.4) is 0 Å². The van der Waals surface area contributed by atoms with Crippen LogP contribution in [0.5, 0.6) is 5.75 Å². The third-order valence-corrected chi connectivity index (χ3v) is 6.43. The first-order valence-electron chi connectivity index (χ1n) is 8.88. The minimum Gasteiger partial charge on any atom is -0.604 e. The summed E-state index contributed by atoms with van der Waals surface area (Å²) >= 11 is 0. The average molecular weight is 395 g/mol. The molecule has 2 aromatic heterocycles. The van der Waals surface area contributed by atoms with E-state index in [4.69, 9.17) is 4.74 Å². The Morgan fingerprint density at radius 3 is 2.64 bits per heavy atom. The first-order valence-corrected chi connectivity index (χ1v) is 10.4. The molecule has 2 heterocycles. The van der Waals surface area contributed by atoms with Crippen molar-refractivity contribution >= 4 is 32.6 Å². The van der Waals surface area contributed by atoms with Crippen LogP contribution < -0.4 is 10.1 Å². The maximum absolute atomic E-state index is 13.2. The predicted octanol–water partition coefficient (Wildman–Crippen LogP) is 2.91. The number of anilines is 1. The molecule has 1 fully saturated rings. The summed E-state index contributed by atoms with van der Waals surface area (Å²) in [6.07, 6.45) is 2.16. The predicted molar refractivity (Wildman–Crippen MR) is 103 cm³/mol. The number of methoxy groups -OCH3 is 1. The first kappa shape index (κ1) is 17.1. The van der Waals surface area contributed by atoms with E-state index < -0.39 is 10.2 Å². The lowest BCUT2D eigenvalue weighted by atomic mass is 10.2. The minimum absolute atomic E-state index is 0.113. The quantitative estimate of drug-likeness (QED) is 0.518. The van der Waals surface area contributed by atoms with Gasteiger partial charge in [-0.2, -0.15) is 4.52 Å². The van der Waals surface area contributed by atoms with Gasteiger partial charge in [0, 0.05) is 11.4 Å². The molecule has 1 saturated carbocycles. The topological polar surface area (TPSA) is 104 Å². The summed E-state index contributed by atoms with van der Waals surface area (Å²) < 4.78 is 32.9. The minimum atomic E-state index is -3.89. The largest absolute Gasteiger partial charge is 0.604 e. The molecule has 1 unspecified atom stereocenters. The number of fused-ring (bicyclic) bond motifs is 3. The number of rotatable bonds is 5. The summed E-state index contributed by atoms with van der Waals surface area (Å²) in [5.74, 6) is 1.23. The van der Waals surface area contributed by atoms with Gasteiger partial charge in [0.25, 0.3) is 0 Å². The van der Waals surface area contributed by atoms with E-state index in [0.29, 0.717) is 17.6 Å². The van der Waals surface area contributed by atoms with Crippen molar-refractivity contribution in [1.29, 1.82) is 0 Å². The Hall–Kier alpha value is -3.04. The number of aromatic nitrogens is 4. The van der Waals surface area contributed by atoms with E-state index in [1.165, 1.54) is 23.8 Å². The lowest BCUT2D eigenvalue weighted by Gasteiger charge is -2.13. The molecule has 1 aliphatic rings. The zero-order valence-corrected chi connectivity index (χ0v) is 15.8. The van der Waals surface area contributed by atoms with Crippen LogP contribution in [-0.4, -0.2) is 37.5 Å². The summed E-state index contributed by atoms with van der Waals surface area (Å²) in [7, 11) is -2.36. The number of sulfone groups is 1. The van der Waals surface area contributed by atoms with Crippen molar-refractivity contribution in [2.45, 2.75) is 28.8 Å². The van der Waals surface area contributed by atoms with Crippen LogP contribution in [0, 0.1) is 0 Å². The molecule has 0 bridgehead atoms. The van der Waals surface area contributed by atoms with Gasteiger partial charge in [-0.3, -0.25) is 0 Å². The van der Waals surface area contributed by atoms with E-state index >= 15 is 0 Å². The Bertz CT molecular complexity index is 1230. The van der Waals surface area contributed by atoms with E-state index in [-0.39, 0.29) is 15.6 Å². The highest BCUT2D eigenvalue weighted by Crippen LogP contribution is 2.33. The standard InChI is InChI=1S/C19H17N5O3S/c1-27-13-8-10-14(11-9-13)28(25,26)19-18-21-17(20-12-6-7-12)15-4-2-3-5-16(15)24(18)23-22-19/h2-5,8-12H,6-7H2,1H3,(H-,20,21,25,26). The van der Waals surface area contributed by atoms with Gasteiger partial charge in [-0.25, -0.2) is 4.98 Å². The van der Waals surface area contributed by atoms with Crippen molar-refractivity contribution in [3.05, 3.63) is 48.5 Å². The van der Waals surface area contributed by atoms with Crippen molar-refractivity contribution in [3.63, 3.8) is 0 Å². The van der Waals surface area contributed by atoms with Gasteiger partial charge in [0.05, 0.1) is 12.6 Å². The number of para-hydroxylation sites is 1.